The molecule has 0 saturated carbocycles. The lowest BCUT2D eigenvalue weighted by Crippen LogP contribution is -2.03. The Labute approximate surface area is 151 Å². The number of phenols is 1. The van der Waals surface area contributed by atoms with Gasteiger partial charge in [0.25, 0.3) is 20.2 Å². The number of fused-ring (bicyclic) bond motifs is 1. The summed E-state index contributed by atoms with van der Waals surface area (Å²) in [4.78, 5) is -1.28. The minimum Gasteiger partial charge on any atom is -0.505 e. The fourth-order valence-corrected chi connectivity index (χ4v) is 3.40. The molecule has 2 aromatic rings. The van der Waals surface area contributed by atoms with Crippen LogP contribution < -0.4 is 5.32 Å². The summed E-state index contributed by atoms with van der Waals surface area (Å²) in [6.45, 7) is 4.00. The average Bonchev–Trinajstić information content (AvgIpc) is 2.56. The van der Waals surface area contributed by atoms with E-state index in [9.17, 15) is 31.0 Å². The first-order valence-electron chi connectivity index (χ1n) is 7.27. The van der Waals surface area contributed by atoms with Crippen molar-refractivity contribution in [3.05, 3.63) is 18.2 Å². The lowest BCUT2D eigenvalue weighted by molar-refractivity contribution is 0.472. The van der Waals surface area contributed by atoms with Crippen molar-refractivity contribution >= 4 is 42.4 Å². The number of phenolic OH excluding ortho intramolecular Hbond substituents is 1. The van der Waals surface area contributed by atoms with Crippen LogP contribution in [0.1, 0.15) is 13.8 Å². The number of nitrogens with one attached hydrogen (secondary N) is 1. The van der Waals surface area contributed by atoms with Crippen LogP contribution in [0, 0.1) is 0 Å². The van der Waals surface area contributed by atoms with E-state index in [-0.39, 0.29) is 16.5 Å². The summed E-state index contributed by atoms with van der Waals surface area (Å²) in [6, 6.07) is 2.92. The lowest BCUT2D eigenvalue weighted by Gasteiger charge is -2.13. The number of benzene rings is 2. The van der Waals surface area contributed by atoms with Crippen LogP contribution in [0.4, 0.5) is 11.4 Å². The summed E-state index contributed by atoms with van der Waals surface area (Å²) in [5, 5.41) is 19.9. The highest BCUT2D eigenvalue weighted by Crippen LogP contribution is 2.44. The molecule has 2 aromatic carbocycles. The molecular formula is C14H19N3O7S2. The molecule has 0 aliphatic rings. The van der Waals surface area contributed by atoms with Gasteiger partial charge in [-0.3, -0.25) is 9.11 Å². The maximum atomic E-state index is 11.5. The summed E-state index contributed by atoms with van der Waals surface area (Å²) < 4.78 is 64.2. The fraction of sp³-hybridized carbons (Fsp3) is 0.286. The minimum atomic E-state index is -4.78. The molecule has 0 heterocycles. The van der Waals surface area contributed by atoms with Gasteiger partial charge < -0.3 is 10.4 Å². The van der Waals surface area contributed by atoms with Crippen LogP contribution in [0.2, 0.25) is 0 Å². The van der Waals surface area contributed by atoms with Crippen molar-refractivity contribution in [2.75, 3.05) is 19.4 Å². The van der Waals surface area contributed by atoms with Crippen LogP contribution in [0.5, 0.6) is 5.75 Å². The first-order chi connectivity index (χ1) is 12.0. The zero-order chi connectivity index (χ0) is 20.3. The Balaban J connectivity index is 0.00000163. The van der Waals surface area contributed by atoms with Crippen LogP contribution in [-0.4, -0.2) is 45.1 Å². The third-order valence-electron chi connectivity index (χ3n) is 3.17. The summed E-state index contributed by atoms with van der Waals surface area (Å²) >= 11 is 0. The quantitative estimate of drug-likeness (QED) is 0.445. The molecule has 10 nitrogen and oxygen atoms in total. The molecule has 0 bridgehead atoms. The third kappa shape index (κ3) is 4.27. The molecule has 144 valence electrons. The predicted molar refractivity (Wildman–Crippen MR) is 96.6 cm³/mol. The molecule has 0 aliphatic carbocycles. The highest BCUT2D eigenvalue weighted by molar-refractivity contribution is 7.86. The molecule has 12 heteroatoms. The topological polar surface area (TPSA) is 166 Å². The fourth-order valence-electron chi connectivity index (χ4n) is 2.20. The van der Waals surface area contributed by atoms with Crippen molar-refractivity contribution in [2.45, 2.75) is 23.6 Å². The number of azo groups is 1. The van der Waals surface area contributed by atoms with E-state index in [0.717, 1.165) is 18.2 Å². The monoisotopic (exact) mass is 405 g/mol. The molecule has 0 saturated heterocycles. The van der Waals surface area contributed by atoms with E-state index >= 15 is 0 Å². The number of nitrogens with zero attached hydrogens (tertiary/aromatic N) is 2. The van der Waals surface area contributed by atoms with Gasteiger partial charge in [0.15, 0.2) is 5.75 Å². The summed E-state index contributed by atoms with van der Waals surface area (Å²) in [7, 11) is -6.70. The van der Waals surface area contributed by atoms with Crippen LogP contribution in [0.15, 0.2) is 38.2 Å². The second-order valence-electron chi connectivity index (χ2n) is 4.64. The van der Waals surface area contributed by atoms with Gasteiger partial charge in [-0.05, 0) is 23.6 Å². The lowest BCUT2D eigenvalue weighted by atomic mass is 10.1. The van der Waals surface area contributed by atoms with Crippen molar-refractivity contribution in [2.24, 2.45) is 10.2 Å². The molecular weight excluding hydrogens is 386 g/mol. The molecule has 26 heavy (non-hydrogen) atoms. The summed E-state index contributed by atoms with van der Waals surface area (Å²) in [6.07, 6.45) is 0. The van der Waals surface area contributed by atoms with E-state index in [1.807, 2.05) is 13.8 Å². The Hall–Kier alpha value is -2.28. The Morgan fingerprint density at radius 1 is 1.00 bits per heavy atom. The molecule has 0 fully saturated rings. The third-order valence-corrected chi connectivity index (χ3v) is 4.87. The van der Waals surface area contributed by atoms with Gasteiger partial charge in [0.1, 0.15) is 10.6 Å². The van der Waals surface area contributed by atoms with E-state index in [1.54, 1.807) is 0 Å². The predicted octanol–water partition coefficient (Wildman–Crippen LogP) is 2.82. The molecule has 0 unspecified atom stereocenters. The highest BCUT2D eigenvalue weighted by Gasteiger charge is 2.24. The smallest absolute Gasteiger partial charge is 0.296 e. The van der Waals surface area contributed by atoms with E-state index in [4.69, 9.17) is 0 Å². The van der Waals surface area contributed by atoms with Gasteiger partial charge in [0.2, 0.25) is 0 Å². The van der Waals surface area contributed by atoms with Crippen LogP contribution in [0.25, 0.3) is 10.8 Å². The minimum absolute atomic E-state index is 0.0414. The Morgan fingerprint density at radius 3 is 2.00 bits per heavy atom. The number of anilines is 1. The SMILES string of the molecule is CC.CN=Nc1c(S(=O)(=O)O)cc2cc(S(=O)(=O)O)cc(NC)c2c1O. The maximum absolute atomic E-state index is 11.5. The van der Waals surface area contributed by atoms with E-state index in [0.29, 0.717) is 0 Å². The summed E-state index contributed by atoms with van der Waals surface area (Å²) in [5.41, 5.74) is -0.407. The van der Waals surface area contributed by atoms with Crippen molar-refractivity contribution in [1.82, 2.24) is 0 Å². The first kappa shape index (κ1) is 21.8. The molecule has 0 atom stereocenters. The van der Waals surface area contributed by atoms with Gasteiger partial charge in [0, 0.05) is 25.2 Å². The van der Waals surface area contributed by atoms with Gasteiger partial charge in [-0.15, -0.1) is 0 Å². The largest absolute Gasteiger partial charge is 0.505 e. The Morgan fingerprint density at radius 2 is 1.58 bits per heavy atom. The van der Waals surface area contributed by atoms with Gasteiger partial charge >= 0.3 is 0 Å². The zero-order valence-electron chi connectivity index (χ0n) is 14.4. The van der Waals surface area contributed by atoms with Gasteiger partial charge in [-0.2, -0.15) is 27.1 Å². The standard InChI is InChI=1S/C12H13N3O7S2.C2H6/c1-13-8-5-7(23(17,18)19)3-6-4-9(24(20,21)22)11(15-14-2)12(16)10(6)8;1-2/h3-5,13,16H,1-2H3,(H,17,18,19)(H,20,21,22);1-2H3. The molecule has 2 rings (SSSR count). The highest BCUT2D eigenvalue weighted by atomic mass is 32.2. The second-order valence-corrected chi connectivity index (χ2v) is 7.45. The molecule has 0 radical (unpaired) electrons. The first-order valence-corrected chi connectivity index (χ1v) is 10.1. The molecule has 0 aromatic heterocycles. The van der Waals surface area contributed by atoms with Gasteiger partial charge in [0.05, 0.1) is 4.90 Å². The van der Waals surface area contributed by atoms with Crippen molar-refractivity contribution in [3.63, 3.8) is 0 Å². The van der Waals surface area contributed by atoms with Gasteiger partial charge in [-0.1, -0.05) is 13.8 Å². The van der Waals surface area contributed by atoms with E-state index in [2.05, 4.69) is 15.5 Å². The Kier molecular flexibility index (Phi) is 6.65. The van der Waals surface area contributed by atoms with Crippen LogP contribution in [-0.2, 0) is 20.2 Å². The van der Waals surface area contributed by atoms with E-state index < -0.39 is 41.5 Å². The number of hydrogen-bond donors (Lipinski definition) is 4. The van der Waals surface area contributed by atoms with Crippen molar-refractivity contribution in [3.8, 4) is 5.75 Å². The molecule has 0 aliphatic heterocycles. The number of rotatable bonds is 4. The van der Waals surface area contributed by atoms with Crippen molar-refractivity contribution < 1.29 is 31.0 Å². The van der Waals surface area contributed by atoms with Crippen LogP contribution in [0.3, 0.4) is 0 Å². The Bertz CT molecular complexity index is 1060. The van der Waals surface area contributed by atoms with Gasteiger partial charge in [-0.25, -0.2) is 0 Å². The normalized spacial score (nSPS) is 12.1. The molecule has 0 amide bonds. The average molecular weight is 405 g/mol. The van der Waals surface area contributed by atoms with E-state index in [1.165, 1.54) is 14.1 Å². The molecule has 4 N–H and O–H groups in total. The van der Waals surface area contributed by atoms with Crippen LogP contribution >= 0.6 is 0 Å². The summed E-state index contributed by atoms with van der Waals surface area (Å²) in [5.74, 6) is -0.628. The number of hydrogen-bond acceptors (Lipinski definition) is 8. The molecule has 0 spiro atoms. The zero-order valence-corrected chi connectivity index (χ0v) is 16.1. The van der Waals surface area contributed by atoms with Crippen molar-refractivity contribution in [1.29, 1.82) is 0 Å². The second kappa shape index (κ2) is 7.95. The number of aromatic hydroxyl groups is 1. The maximum Gasteiger partial charge on any atom is 0.296 e.